The van der Waals surface area contributed by atoms with E-state index in [-0.39, 0.29) is 17.9 Å². The number of hydrogen-bond donors (Lipinski definition) is 1. The number of nitrogens with one attached hydrogen (secondary N) is 1. The molecule has 2 aromatic heterocycles. The molecule has 1 amide bonds. The fourth-order valence-corrected chi connectivity index (χ4v) is 3.30. The molecule has 3 aromatic rings. The van der Waals surface area contributed by atoms with E-state index in [0.29, 0.717) is 28.8 Å². The monoisotopic (exact) mass is 371 g/mol. The van der Waals surface area contributed by atoms with Gasteiger partial charge in [0.25, 0.3) is 0 Å². The largest absolute Gasteiger partial charge is 0.480 e. The van der Waals surface area contributed by atoms with Crippen molar-refractivity contribution in [2.75, 3.05) is 12.4 Å². The SMILES string of the molecule is COc1ccc(-n2nc(C)c3c2NC(=O)C[C@H]3c2cccc(F)c2F)nn1. The van der Waals surface area contributed by atoms with Crippen LogP contribution in [0.25, 0.3) is 5.82 Å². The summed E-state index contributed by atoms with van der Waals surface area (Å²) in [4.78, 5) is 12.3. The van der Waals surface area contributed by atoms with Crippen molar-refractivity contribution < 1.29 is 18.3 Å². The lowest BCUT2D eigenvalue weighted by atomic mass is 9.85. The number of carbonyl (C=O) groups excluding carboxylic acids is 1. The van der Waals surface area contributed by atoms with Gasteiger partial charge < -0.3 is 10.1 Å². The molecule has 0 radical (unpaired) electrons. The van der Waals surface area contributed by atoms with Gasteiger partial charge in [-0.2, -0.15) is 9.78 Å². The Labute approximate surface area is 153 Å². The number of carbonyl (C=O) groups is 1. The van der Waals surface area contributed by atoms with Crippen molar-refractivity contribution in [2.45, 2.75) is 19.3 Å². The molecule has 0 bridgehead atoms. The third kappa shape index (κ3) is 2.80. The molecular weight excluding hydrogens is 356 g/mol. The first kappa shape index (κ1) is 17.1. The van der Waals surface area contributed by atoms with Crippen LogP contribution in [0.2, 0.25) is 0 Å². The normalized spacial score (nSPS) is 16.0. The van der Waals surface area contributed by atoms with Crippen LogP contribution in [0.4, 0.5) is 14.6 Å². The van der Waals surface area contributed by atoms with E-state index in [1.54, 1.807) is 19.1 Å². The molecule has 1 aliphatic rings. The summed E-state index contributed by atoms with van der Waals surface area (Å²) < 4.78 is 34.5. The summed E-state index contributed by atoms with van der Waals surface area (Å²) in [5.41, 5.74) is 1.32. The highest BCUT2D eigenvalue weighted by Crippen LogP contribution is 2.41. The van der Waals surface area contributed by atoms with Crippen LogP contribution in [-0.4, -0.2) is 33.0 Å². The average molecular weight is 371 g/mol. The molecule has 0 spiro atoms. The first-order valence-electron chi connectivity index (χ1n) is 8.21. The molecule has 0 saturated heterocycles. The van der Waals surface area contributed by atoms with E-state index < -0.39 is 17.6 Å². The maximum absolute atomic E-state index is 14.4. The minimum Gasteiger partial charge on any atom is -0.480 e. The molecule has 0 aliphatic carbocycles. The molecule has 1 aromatic carbocycles. The molecule has 1 atom stereocenters. The number of aromatic nitrogens is 4. The molecular formula is C18H15F2N5O2. The number of rotatable bonds is 3. The summed E-state index contributed by atoms with van der Waals surface area (Å²) >= 11 is 0. The summed E-state index contributed by atoms with van der Waals surface area (Å²) in [5, 5.41) is 15.1. The molecule has 9 heteroatoms. The number of hydrogen-bond acceptors (Lipinski definition) is 5. The van der Waals surface area contributed by atoms with E-state index in [1.165, 1.54) is 23.9 Å². The number of methoxy groups -OCH3 is 1. The van der Waals surface area contributed by atoms with E-state index >= 15 is 0 Å². The Hall–Kier alpha value is -3.36. The third-order valence-corrected chi connectivity index (χ3v) is 4.51. The maximum atomic E-state index is 14.4. The molecule has 0 unspecified atom stereocenters. The Morgan fingerprint density at radius 2 is 2.04 bits per heavy atom. The Morgan fingerprint density at radius 3 is 2.74 bits per heavy atom. The van der Waals surface area contributed by atoms with Gasteiger partial charge in [-0.15, -0.1) is 10.2 Å². The Morgan fingerprint density at radius 1 is 1.22 bits per heavy atom. The van der Waals surface area contributed by atoms with Crippen LogP contribution in [0.5, 0.6) is 5.88 Å². The van der Waals surface area contributed by atoms with Gasteiger partial charge in [0, 0.05) is 24.0 Å². The summed E-state index contributed by atoms with van der Waals surface area (Å²) in [6.45, 7) is 1.74. The van der Waals surface area contributed by atoms with Crippen LogP contribution in [0.3, 0.4) is 0 Å². The maximum Gasteiger partial charge on any atom is 0.233 e. The average Bonchev–Trinajstić information content (AvgIpc) is 3.00. The van der Waals surface area contributed by atoms with Gasteiger partial charge in [-0.1, -0.05) is 12.1 Å². The number of ether oxygens (including phenoxy) is 1. The van der Waals surface area contributed by atoms with Crippen molar-refractivity contribution in [1.29, 1.82) is 0 Å². The van der Waals surface area contributed by atoms with Crippen molar-refractivity contribution in [1.82, 2.24) is 20.0 Å². The summed E-state index contributed by atoms with van der Waals surface area (Å²) in [6.07, 6.45) is -0.00576. The second-order valence-corrected chi connectivity index (χ2v) is 6.14. The Kier molecular flexibility index (Phi) is 4.06. The van der Waals surface area contributed by atoms with Crippen LogP contribution in [0.15, 0.2) is 30.3 Å². The van der Waals surface area contributed by atoms with Gasteiger partial charge in [-0.3, -0.25) is 4.79 Å². The molecule has 27 heavy (non-hydrogen) atoms. The Bertz CT molecular complexity index is 1030. The molecule has 0 saturated carbocycles. The number of anilines is 1. The topological polar surface area (TPSA) is 81.9 Å². The zero-order valence-electron chi connectivity index (χ0n) is 14.5. The number of nitrogens with zero attached hydrogens (tertiary/aromatic N) is 4. The van der Waals surface area contributed by atoms with Crippen molar-refractivity contribution >= 4 is 11.7 Å². The van der Waals surface area contributed by atoms with Gasteiger partial charge in [0.05, 0.1) is 12.8 Å². The van der Waals surface area contributed by atoms with Crippen LogP contribution >= 0.6 is 0 Å². The van der Waals surface area contributed by atoms with E-state index in [9.17, 15) is 13.6 Å². The molecule has 7 nitrogen and oxygen atoms in total. The lowest BCUT2D eigenvalue weighted by Gasteiger charge is -2.24. The van der Waals surface area contributed by atoms with Gasteiger partial charge in [0.15, 0.2) is 17.5 Å². The van der Waals surface area contributed by atoms with Gasteiger partial charge in [-0.25, -0.2) is 8.78 Å². The van der Waals surface area contributed by atoms with Gasteiger partial charge in [-0.05, 0) is 24.6 Å². The van der Waals surface area contributed by atoms with Gasteiger partial charge in [0.2, 0.25) is 11.8 Å². The quantitative estimate of drug-likeness (QED) is 0.766. The molecule has 3 heterocycles. The standard InChI is InChI=1S/C18H15F2N5O2/c1-9-16-11(10-4-3-5-12(19)17(10)20)8-14(26)21-18(16)25(24-9)13-6-7-15(27-2)23-22-13/h3-7,11H,8H2,1-2H3,(H,21,26)/t11-/m0/s1. The number of benzene rings is 1. The first-order valence-corrected chi connectivity index (χ1v) is 8.21. The predicted octanol–water partition coefficient (Wildman–Crippen LogP) is 2.73. The predicted molar refractivity (Wildman–Crippen MR) is 91.9 cm³/mol. The number of aryl methyl sites for hydroxylation is 1. The molecule has 1 N–H and O–H groups in total. The molecule has 138 valence electrons. The Balaban J connectivity index is 1.87. The second kappa shape index (κ2) is 6.42. The number of amides is 1. The van der Waals surface area contributed by atoms with Crippen LogP contribution in [0, 0.1) is 18.6 Å². The van der Waals surface area contributed by atoms with Crippen molar-refractivity contribution in [2.24, 2.45) is 0 Å². The fourth-order valence-electron chi connectivity index (χ4n) is 3.30. The van der Waals surface area contributed by atoms with Crippen molar-refractivity contribution in [3.8, 4) is 11.7 Å². The van der Waals surface area contributed by atoms with Gasteiger partial charge in [0.1, 0.15) is 5.82 Å². The minimum absolute atomic E-state index is 0.00576. The second-order valence-electron chi connectivity index (χ2n) is 6.14. The minimum atomic E-state index is -0.959. The van der Waals surface area contributed by atoms with E-state index in [4.69, 9.17) is 4.74 Å². The van der Waals surface area contributed by atoms with Crippen molar-refractivity contribution in [3.63, 3.8) is 0 Å². The lowest BCUT2D eigenvalue weighted by molar-refractivity contribution is -0.116. The van der Waals surface area contributed by atoms with E-state index in [2.05, 4.69) is 20.6 Å². The highest BCUT2D eigenvalue weighted by Gasteiger charge is 2.34. The van der Waals surface area contributed by atoms with Crippen LogP contribution in [0.1, 0.15) is 29.2 Å². The summed E-state index contributed by atoms with van der Waals surface area (Å²) in [6, 6.07) is 7.20. The van der Waals surface area contributed by atoms with Gasteiger partial charge >= 0.3 is 0 Å². The number of fused-ring (bicyclic) bond motifs is 1. The van der Waals surface area contributed by atoms with Crippen LogP contribution < -0.4 is 10.1 Å². The summed E-state index contributed by atoms with van der Waals surface area (Å²) in [5.74, 6) is -1.81. The molecule has 1 aliphatic heterocycles. The summed E-state index contributed by atoms with van der Waals surface area (Å²) in [7, 11) is 1.47. The molecule has 0 fully saturated rings. The van der Waals surface area contributed by atoms with Crippen molar-refractivity contribution in [3.05, 3.63) is 58.8 Å². The smallest absolute Gasteiger partial charge is 0.233 e. The lowest BCUT2D eigenvalue weighted by Crippen LogP contribution is -2.25. The van der Waals surface area contributed by atoms with Crippen LogP contribution in [-0.2, 0) is 4.79 Å². The molecule has 4 rings (SSSR count). The highest BCUT2D eigenvalue weighted by molar-refractivity contribution is 5.95. The number of halogens is 2. The first-order chi connectivity index (χ1) is 13.0. The fraction of sp³-hybridized carbons (Fsp3) is 0.222. The third-order valence-electron chi connectivity index (χ3n) is 4.51. The highest BCUT2D eigenvalue weighted by atomic mass is 19.2. The van der Waals surface area contributed by atoms with E-state index in [0.717, 1.165) is 6.07 Å². The zero-order valence-corrected chi connectivity index (χ0v) is 14.5. The zero-order chi connectivity index (χ0) is 19.1. The van der Waals surface area contributed by atoms with E-state index in [1.807, 2.05) is 0 Å².